The van der Waals surface area contributed by atoms with Crippen LogP contribution < -0.4 is 10.2 Å². The molecule has 222 valence electrons. The molecule has 1 N–H and O–H groups in total. The zero-order chi connectivity index (χ0) is 28.6. The van der Waals surface area contributed by atoms with E-state index in [-0.39, 0.29) is 30.0 Å². The van der Waals surface area contributed by atoms with Crippen LogP contribution >= 0.6 is 0 Å². The maximum Gasteiger partial charge on any atom is 0.306 e. The zero-order valence-corrected chi connectivity index (χ0v) is 23.9. The van der Waals surface area contributed by atoms with E-state index in [1.807, 2.05) is 12.2 Å². The number of nitrogens with zero attached hydrogens (tertiary/aromatic N) is 2. The Bertz CT molecular complexity index is 1010. The van der Waals surface area contributed by atoms with Crippen molar-refractivity contribution in [1.29, 1.82) is 5.41 Å². The summed E-state index contributed by atoms with van der Waals surface area (Å²) in [7, 11) is 0. The van der Waals surface area contributed by atoms with Crippen LogP contribution in [0.3, 0.4) is 0 Å². The van der Waals surface area contributed by atoms with Crippen LogP contribution in [0.1, 0.15) is 109 Å². The highest BCUT2D eigenvalue weighted by Gasteiger charge is 2.54. The number of esters is 2. The van der Waals surface area contributed by atoms with E-state index in [9.17, 15) is 9.59 Å². The molecule has 2 aliphatic heterocycles. The number of carbonyl (C=O) groups excluding carboxylic acids is 2. The molecular weight excluding hydrogens is 510 g/mol. The summed E-state index contributed by atoms with van der Waals surface area (Å²) in [6.45, 7) is 7.48. The first-order chi connectivity index (χ1) is 19.5. The van der Waals surface area contributed by atoms with Crippen molar-refractivity contribution in [3.05, 3.63) is 43.1 Å². The molecule has 0 saturated carbocycles. The van der Waals surface area contributed by atoms with Crippen molar-refractivity contribution in [1.82, 2.24) is 9.55 Å². The van der Waals surface area contributed by atoms with Gasteiger partial charge in [-0.1, -0.05) is 63.5 Å². The smallest absolute Gasteiger partial charge is 0.306 e. The summed E-state index contributed by atoms with van der Waals surface area (Å²) in [6.07, 6.45) is 18.5. The molecule has 1 aromatic rings. The van der Waals surface area contributed by atoms with Crippen molar-refractivity contribution in [2.75, 3.05) is 6.61 Å². The molecule has 0 aromatic carbocycles. The van der Waals surface area contributed by atoms with Gasteiger partial charge in [0.2, 0.25) is 0 Å². The van der Waals surface area contributed by atoms with E-state index in [1.165, 1.54) is 25.7 Å². The summed E-state index contributed by atoms with van der Waals surface area (Å²) in [5.41, 5.74) is 0.0755. The maximum atomic E-state index is 12.7. The number of aromatic nitrogens is 2. The van der Waals surface area contributed by atoms with Crippen molar-refractivity contribution in [2.24, 2.45) is 0 Å². The molecule has 0 aliphatic carbocycles. The molecule has 0 unspecified atom stereocenters. The summed E-state index contributed by atoms with van der Waals surface area (Å²) in [5, 5.41) is 7.77. The molecule has 0 amide bonds. The topological polar surface area (TPSA) is 113 Å². The van der Waals surface area contributed by atoms with Gasteiger partial charge in [0.15, 0.2) is 23.9 Å². The molecular formula is C31H47N3O6. The minimum absolute atomic E-state index is 0.0146. The number of hydrogen-bond donors (Lipinski definition) is 1. The van der Waals surface area contributed by atoms with Gasteiger partial charge < -0.3 is 18.9 Å². The highest BCUT2D eigenvalue weighted by Crippen LogP contribution is 2.40. The van der Waals surface area contributed by atoms with Gasteiger partial charge in [0, 0.05) is 19.0 Å². The largest absolute Gasteiger partial charge is 0.463 e. The second-order valence-electron chi connectivity index (χ2n) is 10.7. The van der Waals surface area contributed by atoms with Gasteiger partial charge in [0.25, 0.3) is 0 Å². The summed E-state index contributed by atoms with van der Waals surface area (Å²) in [6, 6.07) is 1.80. The quantitative estimate of drug-likeness (QED) is 0.111. The minimum atomic E-state index is -0.740. The van der Waals surface area contributed by atoms with Crippen LogP contribution in [-0.4, -0.2) is 46.4 Å². The summed E-state index contributed by atoms with van der Waals surface area (Å²) < 4.78 is 25.2. The average molecular weight is 558 g/mol. The van der Waals surface area contributed by atoms with Crippen LogP contribution in [0.25, 0.3) is 0 Å². The standard InChI is InChI=1S/C31H47N3O6/c1-3-5-7-9-11-13-15-17-19-26(35)37-23-24-28(39-27(36)20-18-16-14-12-10-8-6-4-2)29-30(38-24)34-22-21-25(32)33-31(34)40-29/h3-4,21-22,24,28-30,32H,1-2,5-20,23H2/t24-,28-,29-,30-/m1/s1. The van der Waals surface area contributed by atoms with Crippen LogP contribution in [-0.2, 0) is 23.8 Å². The first-order valence-corrected chi connectivity index (χ1v) is 15.1. The number of allylic oxidation sites excluding steroid dienone is 2. The van der Waals surface area contributed by atoms with Gasteiger partial charge in [-0.25, -0.2) is 0 Å². The summed E-state index contributed by atoms with van der Waals surface area (Å²) >= 11 is 0. The molecule has 1 aromatic heterocycles. The van der Waals surface area contributed by atoms with E-state index in [2.05, 4.69) is 18.1 Å². The number of fused-ring (bicyclic) bond motifs is 3. The Kier molecular flexibility index (Phi) is 14.0. The van der Waals surface area contributed by atoms with E-state index in [1.54, 1.807) is 16.8 Å². The van der Waals surface area contributed by atoms with Crippen LogP contribution in [0, 0.1) is 5.41 Å². The lowest BCUT2D eigenvalue weighted by Gasteiger charge is -2.22. The molecule has 0 spiro atoms. The molecule has 1 saturated heterocycles. The fourth-order valence-corrected chi connectivity index (χ4v) is 5.14. The second-order valence-corrected chi connectivity index (χ2v) is 10.7. The predicted molar refractivity (Wildman–Crippen MR) is 152 cm³/mol. The van der Waals surface area contributed by atoms with Crippen LogP contribution in [0.4, 0.5) is 0 Å². The Morgan fingerprint density at radius 1 is 0.900 bits per heavy atom. The average Bonchev–Trinajstić information content (AvgIpc) is 3.45. The highest BCUT2D eigenvalue weighted by molar-refractivity contribution is 5.70. The van der Waals surface area contributed by atoms with Crippen molar-refractivity contribution < 1.29 is 28.5 Å². The van der Waals surface area contributed by atoms with Crippen LogP contribution in [0.5, 0.6) is 6.01 Å². The fourth-order valence-electron chi connectivity index (χ4n) is 5.14. The van der Waals surface area contributed by atoms with Gasteiger partial charge in [-0.15, -0.1) is 13.2 Å². The molecule has 9 nitrogen and oxygen atoms in total. The van der Waals surface area contributed by atoms with E-state index in [0.717, 1.165) is 64.2 Å². The Morgan fingerprint density at radius 3 is 2.10 bits per heavy atom. The van der Waals surface area contributed by atoms with Gasteiger partial charge in [-0.05, 0) is 44.6 Å². The Labute approximate surface area is 238 Å². The number of ether oxygens (including phenoxy) is 4. The molecule has 0 bridgehead atoms. The monoisotopic (exact) mass is 557 g/mol. The third-order valence-corrected chi connectivity index (χ3v) is 7.39. The SMILES string of the molecule is C=CCCCCCCCCC(=O)OC[C@H]1O[C@@H]2[C@H](Oc3nc(=N)ccn32)[C@@H]1OC(=O)CCCCCCCCC=C. The van der Waals surface area contributed by atoms with Crippen molar-refractivity contribution in [3.63, 3.8) is 0 Å². The van der Waals surface area contributed by atoms with Crippen LogP contribution in [0.2, 0.25) is 0 Å². The molecule has 0 radical (unpaired) electrons. The van der Waals surface area contributed by atoms with Gasteiger partial charge in [-0.2, -0.15) is 4.98 Å². The normalized spacial score (nSPS) is 20.8. The number of hydrogen-bond acceptors (Lipinski definition) is 8. The lowest BCUT2D eigenvalue weighted by molar-refractivity contribution is -0.160. The zero-order valence-electron chi connectivity index (χ0n) is 23.9. The molecule has 9 heteroatoms. The predicted octanol–water partition coefficient (Wildman–Crippen LogP) is 6.09. The first-order valence-electron chi connectivity index (χ1n) is 15.1. The molecule has 1 fully saturated rings. The van der Waals surface area contributed by atoms with Crippen LogP contribution in [0.15, 0.2) is 37.6 Å². The van der Waals surface area contributed by atoms with Gasteiger partial charge in [0.1, 0.15) is 12.7 Å². The van der Waals surface area contributed by atoms with Crippen molar-refractivity contribution in [2.45, 2.75) is 127 Å². The Balaban J connectivity index is 1.44. The highest BCUT2D eigenvalue weighted by atomic mass is 16.7. The maximum absolute atomic E-state index is 12.7. The van der Waals surface area contributed by atoms with Gasteiger partial charge in [-0.3, -0.25) is 19.6 Å². The molecule has 4 atom stereocenters. The summed E-state index contributed by atoms with van der Waals surface area (Å²) in [5.74, 6) is -0.594. The number of rotatable bonds is 21. The number of carbonyl (C=O) groups is 2. The Hall–Kier alpha value is -2.94. The first kappa shape index (κ1) is 31.6. The van der Waals surface area contributed by atoms with Gasteiger partial charge in [0.05, 0.1) is 0 Å². The fraction of sp³-hybridized carbons (Fsp3) is 0.677. The number of nitrogens with one attached hydrogen (secondary N) is 1. The minimum Gasteiger partial charge on any atom is -0.463 e. The summed E-state index contributed by atoms with van der Waals surface area (Å²) in [4.78, 5) is 29.3. The molecule has 40 heavy (non-hydrogen) atoms. The third kappa shape index (κ3) is 10.2. The third-order valence-electron chi connectivity index (χ3n) is 7.39. The lowest BCUT2D eigenvalue weighted by Crippen LogP contribution is -2.40. The van der Waals surface area contributed by atoms with Crippen molar-refractivity contribution in [3.8, 4) is 6.01 Å². The van der Waals surface area contributed by atoms with Gasteiger partial charge >= 0.3 is 17.9 Å². The molecule has 3 heterocycles. The van der Waals surface area contributed by atoms with E-state index >= 15 is 0 Å². The van der Waals surface area contributed by atoms with Crippen molar-refractivity contribution >= 4 is 11.9 Å². The van der Waals surface area contributed by atoms with E-state index in [0.29, 0.717) is 12.8 Å². The Morgan fingerprint density at radius 2 is 1.48 bits per heavy atom. The molecule has 2 aliphatic rings. The second kappa shape index (κ2) is 17.7. The number of unbranched alkanes of at least 4 members (excludes halogenated alkanes) is 12. The van der Waals surface area contributed by atoms with E-state index < -0.39 is 24.5 Å². The molecule has 3 rings (SSSR count). The van der Waals surface area contributed by atoms with E-state index in [4.69, 9.17) is 24.4 Å². The lowest BCUT2D eigenvalue weighted by atomic mass is 10.1.